The Morgan fingerprint density at radius 2 is 1.80 bits per heavy atom. The topological polar surface area (TPSA) is 69.7 Å². The van der Waals surface area contributed by atoms with Crippen LogP contribution in [0.25, 0.3) is 0 Å². The first-order chi connectivity index (χ1) is 9.41. The van der Waals surface area contributed by atoms with E-state index in [9.17, 15) is 13.2 Å². The van der Waals surface area contributed by atoms with E-state index in [4.69, 9.17) is 0 Å². The van der Waals surface area contributed by atoms with Crippen molar-refractivity contribution in [2.45, 2.75) is 44.6 Å². The highest BCUT2D eigenvalue weighted by atomic mass is 32.2. The lowest BCUT2D eigenvalue weighted by Gasteiger charge is -2.33. The summed E-state index contributed by atoms with van der Waals surface area (Å²) in [5.74, 6) is -0.186. The minimum Gasteiger partial charge on any atom is -0.353 e. The molecule has 2 aliphatic rings. The van der Waals surface area contributed by atoms with Gasteiger partial charge in [0.1, 0.15) is 0 Å². The Bertz CT molecular complexity index is 444. The first-order valence-electron chi connectivity index (χ1n) is 7.39. The van der Waals surface area contributed by atoms with Gasteiger partial charge in [0.15, 0.2) is 0 Å². The molecule has 20 heavy (non-hydrogen) atoms. The van der Waals surface area contributed by atoms with Crippen LogP contribution >= 0.6 is 0 Å². The highest BCUT2D eigenvalue weighted by molar-refractivity contribution is 7.86. The fourth-order valence-electron chi connectivity index (χ4n) is 2.99. The third-order valence-corrected chi connectivity index (χ3v) is 6.15. The lowest BCUT2D eigenvalue weighted by molar-refractivity contribution is -0.126. The zero-order valence-electron chi connectivity index (χ0n) is 12.3. The van der Waals surface area contributed by atoms with Gasteiger partial charge >= 0.3 is 0 Å². The molecule has 6 nitrogen and oxygen atoms in total. The van der Waals surface area contributed by atoms with E-state index in [1.165, 1.54) is 35.5 Å². The molecule has 2 rings (SSSR count). The predicted molar refractivity (Wildman–Crippen MR) is 77.3 cm³/mol. The summed E-state index contributed by atoms with van der Waals surface area (Å²) in [6.45, 7) is 0.812. The molecule has 0 spiro atoms. The molecule has 1 saturated heterocycles. The van der Waals surface area contributed by atoms with E-state index in [-0.39, 0.29) is 11.8 Å². The van der Waals surface area contributed by atoms with Crippen LogP contribution in [-0.4, -0.2) is 56.2 Å². The van der Waals surface area contributed by atoms with Gasteiger partial charge in [0.2, 0.25) is 5.91 Å². The van der Waals surface area contributed by atoms with Crippen LogP contribution in [0.1, 0.15) is 38.5 Å². The number of carbonyl (C=O) groups excluding carboxylic acids is 1. The van der Waals surface area contributed by atoms with E-state index < -0.39 is 10.2 Å². The second-order valence-electron chi connectivity index (χ2n) is 5.98. The van der Waals surface area contributed by atoms with Gasteiger partial charge in [-0.3, -0.25) is 4.79 Å². The molecule has 0 radical (unpaired) electrons. The number of nitrogens with zero attached hydrogens (tertiary/aromatic N) is 2. The van der Waals surface area contributed by atoms with Crippen molar-refractivity contribution >= 4 is 16.1 Å². The van der Waals surface area contributed by atoms with Gasteiger partial charge in [-0.15, -0.1) is 0 Å². The van der Waals surface area contributed by atoms with Crippen molar-refractivity contribution < 1.29 is 13.2 Å². The molecule has 1 aliphatic heterocycles. The number of amides is 1. The molecule has 0 aromatic rings. The predicted octanol–water partition coefficient (Wildman–Crippen LogP) is 0.564. The molecule has 1 atom stereocenters. The van der Waals surface area contributed by atoms with Gasteiger partial charge in [-0.25, -0.2) is 0 Å². The molecule has 2 fully saturated rings. The Balaban J connectivity index is 1.94. The summed E-state index contributed by atoms with van der Waals surface area (Å²) in [5.41, 5.74) is 0. The minimum absolute atomic E-state index is 0.0237. The average Bonchev–Trinajstić information content (AvgIpc) is 2.91. The summed E-state index contributed by atoms with van der Waals surface area (Å²) in [6, 6.07) is 0.295. The Morgan fingerprint density at radius 3 is 2.40 bits per heavy atom. The number of carbonyl (C=O) groups is 1. The van der Waals surface area contributed by atoms with Gasteiger partial charge in [0, 0.05) is 33.2 Å². The first-order valence-corrected chi connectivity index (χ1v) is 8.79. The van der Waals surface area contributed by atoms with Gasteiger partial charge in [-0.1, -0.05) is 12.8 Å². The molecule has 1 N–H and O–H groups in total. The summed E-state index contributed by atoms with van der Waals surface area (Å²) in [7, 11) is -0.356. The molecule has 0 unspecified atom stereocenters. The molecule has 116 valence electrons. The Labute approximate surface area is 121 Å². The van der Waals surface area contributed by atoms with Crippen LogP contribution in [0.4, 0.5) is 0 Å². The van der Waals surface area contributed by atoms with E-state index in [0.717, 1.165) is 25.7 Å². The van der Waals surface area contributed by atoms with E-state index in [2.05, 4.69) is 5.32 Å². The van der Waals surface area contributed by atoms with Crippen molar-refractivity contribution in [2.75, 3.05) is 27.2 Å². The Morgan fingerprint density at radius 1 is 1.15 bits per heavy atom. The monoisotopic (exact) mass is 303 g/mol. The van der Waals surface area contributed by atoms with Crippen LogP contribution < -0.4 is 5.32 Å². The van der Waals surface area contributed by atoms with Crippen LogP contribution in [0.15, 0.2) is 0 Å². The Kier molecular flexibility index (Phi) is 5.04. The SMILES string of the molecule is CN(C)S(=O)(=O)N1CCC[C@H](C(=O)NC2CCCC2)C1. The Hall–Kier alpha value is -0.660. The molecule has 0 bridgehead atoms. The number of hydrogen-bond donors (Lipinski definition) is 1. The van der Waals surface area contributed by atoms with Gasteiger partial charge in [-0.2, -0.15) is 17.0 Å². The first kappa shape index (κ1) is 15.7. The maximum Gasteiger partial charge on any atom is 0.281 e. The number of rotatable bonds is 4. The van der Waals surface area contributed by atoms with Crippen LogP contribution in [0.3, 0.4) is 0 Å². The van der Waals surface area contributed by atoms with Crippen LogP contribution in [0.5, 0.6) is 0 Å². The zero-order valence-corrected chi connectivity index (χ0v) is 13.2. The largest absolute Gasteiger partial charge is 0.353 e. The van der Waals surface area contributed by atoms with Crippen LogP contribution in [-0.2, 0) is 15.0 Å². The van der Waals surface area contributed by atoms with Gasteiger partial charge in [0.25, 0.3) is 10.2 Å². The fourth-order valence-corrected chi connectivity index (χ4v) is 4.18. The molecular weight excluding hydrogens is 278 g/mol. The number of piperidine rings is 1. The quantitative estimate of drug-likeness (QED) is 0.825. The summed E-state index contributed by atoms with van der Waals surface area (Å²) >= 11 is 0. The molecule has 7 heteroatoms. The smallest absolute Gasteiger partial charge is 0.281 e. The summed E-state index contributed by atoms with van der Waals surface area (Å²) in [6.07, 6.45) is 5.98. The molecule has 0 aromatic carbocycles. The molecule has 1 saturated carbocycles. The lowest BCUT2D eigenvalue weighted by atomic mass is 9.98. The maximum atomic E-state index is 12.3. The van der Waals surface area contributed by atoms with Gasteiger partial charge < -0.3 is 5.32 Å². The van der Waals surface area contributed by atoms with E-state index in [1.54, 1.807) is 0 Å². The molecule has 1 heterocycles. The lowest BCUT2D eigenvalue weighted by Crippen LogP contribution is -2.49. The second-order valence-corrected chi connectivity index (χ2v) is 8.12. The van der Waals surface area contributed by atoms with Crippen molar-refractivity contribution in [3.05, 3.63) is 0 Å². The average molecular weight is 303 g/mol. The number of hydrogen-bond acceptors (Lipinski definition) is 3. The van der Waals surface area contributed by atoms with Crippen molar-refractivity contribution in [2.24, 2.45) is 5.92 Å². The highest BCUT2D eigenvalue weighted by Crippen LogP contribution is 2.22. The summed E-state index contributed by atoms with van der Waals surface area (Å²) < 4.78 is 26.9. The van der Waals surface area contributed by atoms with Gasteiger partial charge in [0.05, 0.1) is 5.92 Å². The molecule has 0 aromatic heterocycles. The second kappa shape index (κ2) is 6.41. The molecular formula is C13H25N3O3S. The minimum atomic E-state index is -3.41. The maximum absolute atomic E-state index is 12.3. The zero-order chi connectivity index (χ0) is 14.8. The molecule has 1 amide bonds. The van der Waals surface area contributed by atoms with Crippen molar-refractivity contribution in [3.8, 4) is 0 Å². The number of nitrogens with one attached hydrogen (secondary N) is 1. The third-order valence-electron chi connectivity index (χ3n) is 4.24. The van der Waals surface area contributed by atoms with E-state index in [0.29, 0.717) is 19.1 Å². The van der Waals surface area contributed by atoms with Crippen molar-refractivity contribution in [1.82, 2.24) is 13.9 Å². The summed E-state index contributed by atoms with van der Waals surface area (Å²) in [5, 5.41) is 3.08. The van der Waals surface area contributed by atoms with Crippen molar-refractivity contribution in [3.63, 3.8) is 0 Å². The van der Waals surface area contributed by atoms with Crippen molar-refractivity contribution in [1.29, 1.82) is 0 Å². The van der Waals surface area contributed by atoms with Crippen LogP contribution in [0.2, 0.25) is 0 Å². The molecule has 1 aliphatic carbocycles. The fraction of sp³-hybridized carbons (Fsp3) is 0.923. The van der Waals surface area contributed by atoms with Crippen LogP contribution in [0, 0.1) is 5.92 Å². The highest BCUT2D eigenvalue weighted by Gasteiger charge is 2.34. The summed E-state index contributed by atoms with van der Waals surface area (Å²) in [4.78, 5) is 12.3. The van der Waals surface area contributed by atoms with E-state index in [1.807, 2.05) is 0 Å². The normalized spacial score (nSPS) is 26.1. The van der Waals surface area contributed by atoms with E-state index >= 15 is 0 Å². The standard InChI is InChI=1S/C13H25N3O3S/c1-15(2)20(18,19)16-9-5-6-11(10-16)13(17)14-12-7-3-4-8-12/h11-12H,3-10H2,1-2H3,(H,14,17)/t11-/m0/s1. The third kappa shape index (κ3) is 3.51. The van der Waals surface area contributed by atoms with Gasteiger partial charge in [-0.05, 0) is 25.7 Å².